The molecule has 0 radical (unpaired) electrons. The van der Waals surface area contributed by atoms with Crippen LogP contribution in [-0.4, -0.2) is 18.8 Å². The summed E-state index contributed by atoms with van der Waals surface area (Å²) in [5.74, 6) is 0. The Hall–Kier alpha value is -1.31. The minimum Gasteiger partial charge on any atom is -0.383 e. The molecular formula is C13H22N2. The van der Waals surface area contributed by atoms with Crippen LogP contribution in [0.1, 0.15) is 27.7 Å². The maximum Gasteiger partial charge on any atom is 0.0647 e. The van der Waals surface area contributed by atoms with Crippen LogP contribution in [0.3, 0.4) is 0 Å². The van der Waals surface area contributed by atoms with Crippen LogP contribution in [-0.2, 0) is 0 Å². The van der Waals surface area contributed by atoms with Gasteiger partial charge in [0.15, 0.2) is 0 Å². The Morgan fingerprint density at radius 3 is 2.47 bits per heavy atom. The maximum absolute atomic E-state index is 3.89. The molecule has 0 fully saturated rings. The quantitative estimate of drug-likeness (QED) is 0.524. The Morgan fingerprint density at radius 1 is 1.33 bits per heavy atom. The first kappa shape index (κ1) is 13.7. The predicted octanol–water partition coefficient (Wildman–Crippen LogP) is 3.09. The first-order valence-electron chi connectivity index (χ1n) is 5.33. The number of rotatable bonds is 6. The van der Waals surface area contributed by atoms with E-state index in [4.69, 9.17) is 0 Å². The minimum absolute atomic E-state index is 0.173. The Kier molecular flexibility index (Phi) is 7.33. The predicted molar refractivity (Wildman–Crippen MR) is 69.3 cm³/mol. The zero-order chi connectivity index (χ0) is 11.7. The molecule has 1 N–H and O–H groups in total. The van der Waals surface area contributed by atoms with Crippen molar-refractivity contribution in [1.29, 1.82) is 0 Å². The van der Waals surface area contributed by atoms with Crippen molar-refractivity contribution in [2.24, 2.45) is 4.99 Å². The summed E-state index contributed by atoms with van der Waals surface area (Å²) in [5.41, 5.74) is 1.11. The van der Waals surface area contributed by atoms with E-state index in [2.05, 4.69) is 37.0 Å². The molecule has 0 aromatic rings. The minimum atomic E-state index is 0.173. The molecule has 84 valence electrons. The van der Waals surface area contributed by atoms with Crippen LogP contribution < -0.4 is 5.32 Å². The molecule has 0 aromatic carbocycles. The Bertz CT molecular complexity index is 260. The molecule has 0 aliphatic carbocycles. The van der Waals surface area contributed by atoms with Crippen LogP contribution in [0.15, 0.2) is 41.1 Å². The molecule has 0 aliphatic rings. The van der Waals surface area contributed by atoms with E-state index in [0.717, 1.165) is 5.70 Å². The molecule has 1 unspecified atom stereocenters. The SMILES string of the molecule is C=NC(C)\C=C/C=C(\C=C\C)NC(C)C. The van der Waals surface area contributed by atoms with Crippen molar-refractivity contribution >= 4 is 6.72 Å². The molecule has 0 rings (SSSR count). The van der Waals surface area contributed by atoms with Gasteiger partial charge in [0.05, 0.1) is 6.04 Å². The standard InChI is InChI=1S/C13H22N2/c1-6-8-13(15-11(2)3)10-7-9-12(4)14-5/h6-12,15H,5H2,1-4H3/b8-6+,9-7-,13-10+. The van der Waals surface area contributed by atoms with Crippen molar-refractivity contribution in [3.05, 3.63) is 36.1 Å². The topological polar surface area (TPSA) is 24.4 Å². The average Bonchev–Trinajstić information content (AvgIpc) is 2.16. The molecule has 0 aromatic heterocycles. The van der Waals surface area contributed by atoms with Crippen LogP contribution in [0, 0.1) is 0 Å². The van der Waals surface area contributed by atoms with Crippen molar-refractivity contribution in [1.82, 2.24) is 5.32 Å². The van der Waals surface area contributed by atoms with E-state index >= 15 is 0 Å². The van der Waals surface area contributed by atoms with E-state index < -0.39 is 0 Å². The van der Waals surface area contributed by atoms with Gasteiger partial charge in [0.1, 0.15) is 0 Å². The highest BCUT2D eigenvalue weighted by molar-refractivity contribution is 5.26. The molecule has 0 heterocycles. The van der Waals surface area contributed by atoms with Gasteiger partial charge < -0.3 is 5.32 Å². The molecule has 2 heteroatoms. The molecular weight excluding hydrogens is 184 g/mol. The van der Waals surface area contributed by atoms with E-state index in [1.54, 1.807) is 0 Å². The fraction of sp³-hybridized carbons (Fsp3) is 0.462. The van der Waals surface area contributed by atoms with Crippen LogP contribution in [0.25, 0.3) is 0 Å². The fourth-order valence-electron chi connectivity index (χ4n) is 1.05. The fourth-order valence-corrected chi connectivity index (χ4v) is 1.05. The monoisotopic (exact) mass is 206 g/mol. The van der Waals surface area contributed by atoms with E-state index in [1.165, 1.54) is 0 Å². The van der Waals surface area contributed by atoms with E-state index in [0.29, 0.717) is 6.04 Å². The van der Waals surface area contributed by atoms with Crippen LogP contribution in [0.2, 0.25) is 0 Å². The first-order chi connectivity index (χ1) is 7.10. The van der Waals surface area contributed by atoms with Gasteiger partial charge >= 0.3 is 0 Å². The van der Waals surface area contributed by atoms with Gasteiger partial charge in [0, 0.05) is 11.7 Å². The zero-order valence-electron chi connectivity index (χ0n) is 10.2. The van der Waals surface area contributed by atoms with Crippen molar-refractivity contribution in [3.8, 4) is 0 Å². The Labute approximate surface area is 93.5 Å². The highest BCUT2D eigenvalue weighted by atomic mass is 14.9. The van der Waals surface area contributed by atoms with E-state index in [-0.39, 0.29) is 6.04 Å². The third-order valence-electron chi connectivity index (χ3n) is 1.75. The Morgan fingerprint density at radius 2 is 2.00 bits per heavy atom. The van der Waals surface area contributed by atoms with Gasteiger partial charge in [0.2, 0.25) is 0 Å². The summed E-state index contributed by atoms with van der Waals surface area (Å²) in [7, 11) is 0. The second-order valence-electron chi connectivity index (χ2n) is 3.73. The lowest BCUT2D eigenvalue weighted by Crippen LogP contribution is -2.20. The number of nitrogens with zero attached hydrogens (tertiary/aromatic N) is 1. The summed E-state index contributed by atoms with van der Waals surface area (Å²) in [6.07, 6.45) is 10.1. The van der Waals surface area contributed by atoms with Crippen LogP contribution >= 0.6 is 0 Å². The van der Waals surface area contributed by atoms with Gasteiger partial charge in [-0.25, -0.2) is 0 Å². The summed E-state index contributed by atoms with van der Waals surface area (Å²) in [6.45, 7) is 11.7. The number of nitrogens with one attached hydrogen (secondary N) is 1. The lowest BCUT2D eigenvalue weighted by Gasteiger charge is -2.09. The van der Waals surface area contributed by atoms with Gasteiger partial charge in [-0.05, 0) is 46.6 Å². The molecule has 1 atom stereocenters. The third kappa shape index (κ3) is 7.74. The molecule has 0 saturated heterocycles. The number of allylic oxidation sites excluding steroid dienone is 4. The van der Waals surface area contributed by atoms with Crippen molar-refractivity contribution in [3.63, 3.8) is 0 Å². The molecule has 15 heavy (non-hydrogen) atoms. The lowest BCUT2D eigenvalue weighted by atomic mass is 10.2. The normalized spacial score (nSPS) is 15.1. The van der Waals surface area contributed by atoms with Gasteiger partial charge in [-0.1, -0.05) is 18.2 Å². The number of hydrogen-bond acceptors (Lipinski definition) is 2. The zero-order valence-corrected chi connectivity index (χ0v) is 10.2. The maximum atomic E-state index is 3.89. The summed E-state index contributed by atoms with van der Waals surface area (Å²) < 4.78 is 0. The van der Waals surface area contributed by atoms with Crippen LogP contribution in [0.4, 0.5) is 0 Å². The molecule has 0 aliphatic heterocycles. The Balaban J connectivity index is 4.41. The van der Waals surface area contributed by atoms with E-state index in [9.17, 15) is 0 Å². The van der Waals surface area contributed by atoms with Gasteiger partial charge in [-0.3, -0.25) is 4.99 Å². The molecule has 0 bridgehead atoms. The van der Waals surface area contributed by atoms with Crippen LogP contribution in [0.5, 0.6) is 0 Å². The summed E-state index contributed by atoms with van der Waals surface area (Å²) in [6, 6.07) is 0.614. The molecule has 2 nitrogen and oxygen atoms in total. The highest BCUT2D eigenvalue weighted by Gasteiger charge is 1.93. The summed E-state index contributed by atoms with van der Waals surface area (Å²) in [4.78, 5) is 3.89. The summed E-state index contributed by atoms with van der Waals surface area (Å²) >= 11 is 0. The third-order valence-corrected chi connectivity index (χ3v) is 1.75. The number of aliphatic imine (C=N–C) groups is 1. The smallest absolute Gasteiger partial charge is 0.0647 e. The second kappa shape index (κ2) is 8.04. The summed E-state index contributed by atoms with van der Waals surface area (Å²) in [5, 5.41) is 3.35. The van der Waals surface area contributed by atoms with Gasteiger partial charge in [0.25, 0.3) is 0 Å². The highest BCUT2D eigenvalue weighted by Crippen LogP contribution is 1.97. The second-order valence-corrected chi connectivity index (χ2v) is 3.73. The largest absolute Gasteiger partial charge is 0.383 e. The van der Waals surface area contributed by atoms with Gasteiger partial charge in [-0.15, -0.1) is 0 Å². The average molecular weight is 206 g/mol. The van der Waals surface area contributed by atoms with E-state index in [1.807, 2.05) is 38.2 Å². The number of hydrogen-bond donors (Lipinski definition) is 1. The molecule has 0 spiro atoms. The lowest BCUT2D eigenvalue weighted by molar-refractivity contribution is 0.681. The molecule has 0 amide bonds. The van der Waals surface area contributed by atoms with Crippen molar-refractivity contribution < 1.29 is 0 Å². The molecule has 0 saturated carbocycles. The van der Waals surface area contributed by atoms with Crippen molar-refractivity contribution in [2.45, 2.75) is 39.8 Å². The van der Waals surface area contributed by atoms with Gasteiger partial charge in [-0.2, -0.15) is 0 Å². The first-order valence-corrected chi connectivity index (χ1v) is 5.33. The van der Waals surface area contributed by atoms with Crippen molar-refractivity contribution in [2.75, 3.05) is 0 Å².